The lowest BCUT2D eigenvalue weighted by Crippen LogP contribution is -2.52. The van der Waals surface area contributed by atoms with E-state index in [2.05, 4.69) is 41.0 Å². The molecule has 0 unspecified atom stereocenters. The van der Waals surface area contributed by atoms with Crippen molar-refractivity contribution in [2.45, 2.75) is 32.5 Å². The topological polar surface area (TPSA) is 49.1 Å². The highest BCUT2D eigenvalue weighted by molar-refractivity contribution is 5.77. The summed E-state index contributed by atoms with van der Waals surface area (Å²) in [5.74, 6) is 1.93. The van der Waals surface area contributed by atoms with Crippen LogP contribution < -0.4 is 4.74 Å². The molecule has 0 radical (unpaired) electrons. The van der Waals surface area contributed by atoms with E-state index in [0.717, 1.165) is 67.2 Å². The van der Waals surface area contributed by atoms with E-state index in [1.807, 2.05) is 24.3 Å². The van der Waals surface area contributed by atoms with Gasteiger partial charge < -0.3 is 14.3 Å². The van der Waals surface area contributed by atoms with Gasteiger partial charge in [0.05, 0.1) is 13.7 Å². The monoisotopic (exact) mass is 394 g/mol. The minimum atomic E-state index is 0.210. The number of hydrogen-bond acceptors (Lipinski definition) is 5. The number of nitrogens with zero attached hydrogens (tertiary/aromatic N) is 2. The molecule has 2 heterocycles. The summed E-state index contributed by atoms with van der Waals surface area (Å²) >= 11 is 0. The Morgan fingerprint density at radius 1 is 1.10 bits per heavy atom. The van der Waals surface area contributed by atoms with Gasteiger partial charge in [0.1, 0.15) is 17.1 Å². The number of furan rings is 1. The second-order valence-electron chi connectivity index (χ2n) is 7.93. The van der Waals surface area contributed by atoms with Gasteiger partial charge in [0.2, 0.25) is 0 Å². The molecule has 0 spiro atoms. The summed E-state index contributed by atoms with van der Waals surface area (Å²) in [5.41, 5.74) is 3.40. The van der Waals surface area contributed by atoms with Crippen LogP contribution in [0.1, 0.15) is 23.3 Å². The molecule has 1 aliphatic heterocycles. The van der Waals surface area contributed by atoms with E-state index in [1.54, 1.807) is 7.11 Å². The van der Waals surface area contributed by atoms with Crippen LogP contribution in [0.15, 0.2) is 52.9 Å². The SMILES string of the molecule is COc1ccc(CN2CCN(Cc3cc4ccccc4o3)C[C@@H]2CCO)cc1C. The zero-order chi connectivity index (χ0) is 20.2. The summed E-state index contributed by atoms with van der Waals surface area (Å²) in [4.78, 5) is 4.93. The van der Waals surface area contributed by atoms with Crippen molar-refractivity contribution in [2.24, 2.45) is 0 Å². The van der Waals surface area contributed by atoms with Crippen LogP contribution in [0.4, 0.5) is 0 Å². The van der Waals surface area contributed by atoms with Crippen molar-refractivity contribution in [3.8, 4) is 5.75 Å². The first-order valence-corrected chi connectivity index (χ1v) is 10.3. The Morgan fingerprint density at radius 2 is 1.97 bits per heavy atom. The Balaban J connectivity index is 1.42. The molecule has 4 rings (SSSR count). The van der Waals surface area contributed by atoms with E-state index in [4.69, 9.17) is 9.15 Å². The molecule has 1 aliphatic rings. The van der Waals surface area contributed by atoms with E-state index in [-0.39, 0.29) is 6.61 Å². The van der Waals surface area contributed by atoms with E-state index in [9.17, 15) is 5.11 Å². The van der Waals surface area contributed by atoms with Gasteiger partial charge in [-0.2, -0.15) is 0 Å². The number of aliphatic hydroxyl groups is 1. The van der Waals surface area contributed by atoms with Crippen molar-refractivity contribution in [1.82, 2.24) is 9.80 Å². The quantitative estimate of drug-likeness (QED) is 0.660. The Hall–Kier alpha value is -2.34. The van der Waals surface area contributed by atoms with Gasteiger partial charge in [0.25, 0.3) is 0 Å². The van der Waals surface area contributed by atoms with Crippen molar-refractivity contribution >= 4 is 11.0 Å². The second-order valence-corrected chi connectivity index (χ2v) is 7.93. The maximum Gasteiger partial charge on any atom is 0.134 e. The number of hydrogen-bond donors (Lipinski definition) is 1. The fourth-order valence-corrected chi connectivity index (χ4v) is 4.34. The molecule has 154 valence electrons. The van der Waals surface area contributed by atoms with E-state index in [1.165, 1.54) is 5.56 Å². The molecule has 0 amide bonds. The molecular weight excluding hydrogens is 364 g/mol. The van der Waals surface area contributed by atoms with Crippen LogP contribution in [0.3, 0.4) is 0 Å². The fourth-order valence-electron chi connectivity index (χ4n) is 4.34. The van der Waals surface area contributed by atoms with Crippen molar-refractivity contribution in [3.63, 3.8) is 0 Å². The number of piperazine rings is 1. The van der Waals surface area contributed by atoms with Crippen LogP contribution in [0.5, 0.6) is 5.75 Å². The van der Waals surface area contributed by atoms with Crippen molar-refractivity contribution < 1.29 is 14.3 Å². The maximum absolute atomic E-state index is 9.61. The molecule has 5 nitrogen and oxygen atoms in total. The smallest absolute Gasteiger partial charge is 0.134 e. The van der Waals surface area contributed by atoms with Gasteiger partial charge in [-0.3, -0.25) is 9.80 Å². The highest BCUT2D eigenvalue weighted by atomic mass is 16.5. The summed E-state index contributed by atoms with van der Waals surface area (Å²) in [6, 6.07) is 17.0. The molecule has 1 aromatic heterocycles. The number of ether oxygens (including phenoxy) is 1. The number of rotatable bonds is 7. The predicted molar refractivity (Wildman–Crippen MR) is 115 cm³/mol. The summed E-state index contributed by atoms with van der Waals surface area (Å²) in [6.45, 7) is 6.91. The van der Waals surface area contributed by atoms with Crippen molar-refractivity contribution in [2.75, 3.05) is 33.4 Å². The van der Waals surface area contributed by atoms with Crippen molar-refractivity contribution in [3.05, 3.63) is 65.4 Å². The van der Waals surface area contributed by atoms with Gasteiger partial charge in [-0.05, 0) is 42.7 Å². The maximum atomic E-state index is 9.61. The first-order chi connectivity index (χ1) is 14.2. The highest BCUT2D eigenvalue weighted by Gasteiger charge is 2.27. The molecule has 1 fully saturated rings. The molecule has 0 bridgehead atoms. The number of benzene rings is 2. The molecule has 29 heavy (non-hydrogen) atoms. The van der Waals surface area contributed by atoms with E-state index >= 15 is 0 Å². The van der Waals surface area contributed by atoms with Crippen LogP contribution in [-0.4, -0.2) is 54.3 Å². The lowest BCUT2D eigenvalue weighted by molar-refractivity contribution is 0.0471. The van der Waals surface area contributed by atoms with Crippen LogP contribution in [0, 0.1) is 6.92 Å². The molecule has 0 saturated carbocycles. The number of aryl methyl sites for hydroxylation is 1. The Labute approximate surface area is 172 Å². The molecular formula is C24H30N2O3. The lowest BCUT2D eigenvalue weighted by Gasteiger charge is -2.41. The van der Waals surface area contributed by atoms with Gasteiger partial charge in [-0.15, -0.1) is 0 Å². The number of para-hydroxylation sites is 1. The molecule has 5 heteroatoms. The Kier molecular flexibility index (Phi) is 6.19. The molecule has 1 atom stereocenters. The molecule has 3 aromatic rings. The fraction of sp³-hybridized carbons (Fsp3) is 0.417. The zero-order valence-corrected chi connectivity index (χ0v) is 17.3. The van der Waals surface area contributed by atoms with Gasteiger partial charge in [-0.25, -0.2) is 0 Å². The predicted octanol–water partition coefficient (Wildman–Crippen LogP) is 3.82. The van der Waals surface area contributed by atoms with Crippen LogP contribution in [0.2, 0.25) is 0 Å². The summed E-state index contributed by atoms with van der Waals surface area (Å²) in [5, 5.41) is 10.8. The summed E-state index contributed by atoms with van der Waals surface area (Å²) in [6.07, 6.45) is 0.783. The first-order valence-electron chi connectivity index (χ1n) is 10.3. The van der Waals surface area contributed by atoms with Gasteiger partial charge in [-0.1, -0.05) is 30.3 Å². The summed E-state index contributed by atoms with van der Waals surface area (Å²) in [7, 11) is 1.71. The number of aliphatic hydroxyl groups excluding tert-OH is 1. The molecule has 1 saturated heterocycles. The normalized spacial score (nSPS) is 18.4. The Morgan fingerprint density at radius 3 is 2.72 bits per heavy atom. The molecule has 2 aromatic carbocycles. The third-order valence-electron chi connectivity index (χ3n) is 5.85. The van der Waals surface area contributed by atoms with Gasteiger partial charge >= 0.3 is 0 Å². The largest absolute Gasteiger partial charge is 0.496 e. The van der Waals surface area contributed by atoms with Gasteiger partial charge in [0, 0.05) is 44.2 Å². The van der Waals surface area contributed by atoms with Crippen molar-refractivity contribution in [1.29, 1.82) is 0 Å². The highest BCUT2D eigenvalue weighted by Crippen LogP contribution is 2.24. The van der Waals surface area contributed by atoms with E-state index < -0.39 is 0 Å². The van der Waals surface area contributed by atoms with Crippen LogP contribution >= 0.6 is 0 Å². The average Bonchev–Trinajstić information content (AvgIpc) is 3.12. The Bertz CT molecular complexity index is 919. The van der Waals surface area contributed by atoms with Crippen LogP contribution in [-0.2, 0) is 13.1 Å². The molecule has 1 N–H and O–H groups in total. The van der Waals surface area contributed by atoms with Gasteiger partial charge in [0.15, 0.2) is 0 Å². The van der Waals surface area contributed by atoms with Crippen LogP contribution in [0.25, 0.3) is 11.0 Å². The first kappa shape index (κ1) is 20.0. The standard InChI is InChI=1S/C24H30N2O3/c1-18-13-19(7-8-23(18)28-2)15-26-11-10-25(16-21(26)9-12-27)17-22-14-20-5-3-4-6-24(20)29-22/h3-8,13-14,21,27H,9-12,15-17H2,1-2H3/t21-/m0/s1. The average molecular weight is 395 g/mol. The molecule has 0 aliphatic carbocycles. The summed E-state index contributed by atoms with van der Waals surface area (Å²) < 4.78 is 11.4. The third kappa shape index (κ3) is 4.64. The lowest BCUT2D eigenvalue weighted by atomic mass is 10.1. The third-order valence-corrected chi connectivity index (χ3v) is 5.85. The second kappa shape index (κ2) is 8.99. The zero-order valence-electron chi connectivity index (χ0n) is 17.3. The van der Waals surface area contributed by atoms with E-state index in [0.29, 0.717) is 6.04 Å². The minimum absolute atomic E-state index is 0.210. The number of fused-ring (bicyclic) bond motifs is 1. The number of methoxy groups -OCH3 is 1. The minimum Gasteiger partial charge on any atom is -0.496 e.